The molecule has 1 rings (SSSR count). The fraction of sp³-hybridized carbons (Fsp3) is 0.818. The topological polar surface area (TPSA) is 151 Å². The average Bonchev–Trinajstić information content (AvgIpc) is 3.26. The van der Waals surface area contributed by atoms with Gasteiger partial charge in [-0.25, -0.2) is 0 Å². The summed E-state index contributed by atoms with van der Waals surface area (Å²) in [5.74, 6) is -0.368. The van der Waals surface area contributed by atoms with Gasteiger partial charge < -0.3 is 62.9 Å². The maximum absolute atomic E-state index is 14.7. The molecule has 20 heteroatoms. The van der Waals surface area contributed by atoms with Gasteiger partial charge in [0.2, 0.25) is 0 Å². The summed E-state index contributed by atoms with van der Waals surface area (Å²) in [6.45, 7) is 30.5. The summed E-state index contributed by atoms with van der Waals surface area (Å²) < 4.78 is 73.7. The number of nitrogens with zero attached hydrogens (tertiary/aromatic N) is 2. The lowest BCUT2D eigenvalue weighted by molar-refractivity contribution is 0.0639. The van der Waals surface area contributed by atoms with E-state index in [1.165, 1.54) is 0 Å². The largest absolute Gasteiger partial charge is 0.500 e. The molecule has 0 saturated carbocycles. The predicted molar refractivity (Wildman–Crippen MR) is 258 cm³/mol. The van der Waals surface area contributed by atoms with Crippen LogP contribution < -0.4 is 0 Å². The standard InChI is InChI=1S/C44H88N2O14Si4/c1-13-49-61(50-14-2,51-15-3)36-26-32-45(33-27-37-62(52-16-4,53-17-5)54-18-6)43(47)41-30-25-31-42(40-41)44(48)46(34-28-38-63(55-19-7,56-20-8)57-21-9)35-29-39-64(58-22-10,59-23-11)60-24-12/h25,30-31,40H,13-24,26-29,32-39H2,1-12H3. The van der Waals surface area contributed by atoms with Gasteiger partial charge in [0.15, 0.2) is 0 Å². The van der Waals surface area contributed by atoms with Gasteiger partial charge in [-0.2, -0.15) is 0 Å². The molecule has 0 heterocycles. The zero-order valence-electron chi connectivity index (χ0n) is 41.9. The van der Waals surface area contributed by atoms with Crippen molar-refractivity contribution in [2.45, 2.75) is 133 Å². The van der Waals surface area contributed by atoms with Gasteiger partial charge in [0, 0.05) is 141 Å². The van der Waals surface area contributed by atoms with Crippen LogP contribution in [0.25, 0.3) is 0 Å². The Morgan fingerprint density at radius 2 is 0.547 bits per heavy atom. The summed E-state index contributed by atoms with van der Waals surface area (Å²) >= 11 is 0. The first kappa shape index (κ1) is 60.6. The molecule has 0 saturated heterocycles. The normalized spacial score (nSPS) is 12.6. The van der Waals surface area contributed by atoms with Gasteiger partial charge in [0.05, 0.1) is 0 Å². The molecular weight excluding hydrogens is 893 g/mol. The van der Waals surface area contributed by atoms with Crippen LogP contribution >= 0.6 is 0 Å². The second-order valence-electron chi connectivity index (χ2n) is 14.5. The molecule has 1 aromatic rings. The molecule has 0 atom stereocenters. The van der Waals surface area contributed by atoms with Crippen LogP contribution in [0.4, 0.5) is 0 Å². The third-order valence-corrected chi connectivity index (χ3v) is 22.6. The van der Waals surface area contributed by atoms with Gasteiger partial charge in [-0.05, 0) is 127 Å². The van der Waals surface area contributed by atoms with Gasteiger partial charge in [0.1, 0.15) is 0 Å². The van der Waals surface area contributed by atoms with E-state index in [1.807, 2.05) is 92.9 Å². The van der Waals surface area contributed by atoms with E-state index in [1.54, 1.807) is 24.3 Å². The fourth-order valence-electron chi connectivity index (χ4n) is 7.73. The van der Waals surface area contributed by atoms with Crippen LogP contribution in [0.1, 0.15) is 129 Å². The van der Waals surface area contributed by atoms with Crippen LogP contribution in [-0.2, 0) is 53.1 Å². The van der Waals surface area contributed by atoms with E-state index >= 15 is 0 Å². The molecule has 0 N–H and O–H groups in total. The highest BCUT2D eigenvalue weighted by atomic mass is 28.4. The first-order chi connectivity index (χ1) is 30.9. The van der Waals surface area contributed by atoms with E-state index < -0.39 is 35.2 Å². The molecule has 1 aromatic carbocycles. The summed E-state index contributed by atoms with van der Waals surface area (Å²) in [5, 5.41) is 0. The number of amides is 2. The third-order valence-electron chi connectivity index (χ3n) is 9.95. The van der Waals surface area contributed by atoms with Crippen molar-refractivity contribution in [3.63, 3.8) is 0 Å². The Hall–Kier alpha value is -1.45. The van der Waals surface area contributed by atoms with Gasteiger partial charge in [-0.3, -0.25) is 9.59 Å². The lowest BCUT2D eigenvalue weighted by Gasteiger charge is -2.31. The molecule has 16 nitrogen and oxygen atoms in total. The van der Waals surface area contributed by atoms with Gasteiger partial charge in [-0.1, -0.05) is 6.07 Å². The smallest absolute Gasteiger partial charge is 0.374 e. The maximum atomic E-state index is 14.7. The van der Waals surface area contributed by atoms with Crippen LogP contribution in [-0.4, -0.2) is 162 Å². The van der Waals surface area contributed by atoms with Crippen molar-refractivity contribution in [1.29, 1.82) is 0 Å². The Balaban J connectivity index is 3.61. The monoisotopic (exact) mass is 981 g/mol. The van der Waals surface area contributed by atoms with Crippen LogP contribution in [0.2, 0.25) is 24.2 Å². The molecule has 0 aliphatic rings. The van der Waals surface area contributed by atoms with Crippen molar-refractivity contribution in [3.05, 3.63) is 35.4 Å². The van der Waals surface area contributed by atoms with Crippen molar-refractivity contribution in [2.24, 2.45) is 0 Å². The summed E-state index contributed by atoms with van der Waals surface area (Å²) in [4.78, 5) is 33.0. The quantitative estimate of drug-likeness (QED) is 0.0578. The summed E-state index contributed by atoms with van der Waals surface area (Å²) in [6, 6.07) is 9.24. The maximum Gasteiger partial charge on any atom is 0.500 e. The average molecular weight is 982 g/mol. The number of rotatable bonds is 42. The highest BCUT2D eigenvalue weighted by Crippen LogP contribution is 2.25. The highest BCUT2D eigenvalue weighted by Gasteiger charge is 2.43. The Morgan fingerprint density at radius 3 is 0.719 bits per heavy atom. The van der Waals surface area contributed by atoms with Crippen LogP contribution in [0.5, 0.6) is 0 Å². The van der Waals surface area contributed by atoms with Crippen molar-refractivity contribution in [3.8, 4) is 0 Å². The molecule has 0 aliphatic carbocycles. The van der Waals surface area contributed by atoms with E-state index in [2.05, 4.69) is 0 Å². The number of benzene rings is 1. The summed E-state index contributed by atoms with van der Waals surface area (Å²) in [7, 11) is -11.9. The predicted octanol–water partition coefficient (Wildman–Crippen LogP) is 8.33. The molecular formula is C44H88N2O14Si4. The summed E-state index contributed by atoms with van der Waals surface area (Å²) in [5.41, 5.74) is 0.838. The molecule has 0 unspecified atom stereocenters. The van der Waals surface area contributed by atoms with E-state index in [-0.39, 0.29) is 11.8 Å². The molecule has 0 aromatic heterocycles. The van der Waals surface area contributed by atoms with Gasteiger partial charge in [-0.15, -0.1) is 0 Å². The van der Waals surface area contributed by atoms with Crippen LogP contribution in [0.15, 0.2) is 24.3 Å². The molecule has 0 bridgehead atoms. The lowest BCUT2D eigenvalue weighted by atomic mass is 10.1. The van der Waals surface area contributed by atoms with Crippen LogP contribution in [0.3, 0.4) is 0 Å². The second kappa shape index (κ2) is 34.8. The minimum Gasteiger partial charge on any atom is -0.374 e. The third kappa shape index (κ3) is 21.2. The number of carbonyl (C=O) groups excluding carboxylic acids is 2. The SMILES string of the molecule is CCO[Si](CCCN(CCC[Si](OCC)(OCC)OCC)C(=O)c1cccc(C(=O)N(CCC[Si](OCC)(OCC)OCC)CCC[Si](OCC)(OCC)OCC)c1)(OCC)OCC. The Morgan fingerprint density at radius 1 is 0.359 bits per heavy atom. The molecule has 2 amide bonds. The Labute approximate surface area is 392 Å². The minimum atomic E-state index is -2.96. The van der Waals surface area contributed by atoms with Gasteiger partial charge in [0.25, 0.3) is 11.8 Å². The minimum absolute atomic E-state index is 0.184. The number of hydrogen-bond donors (Lipinski definition) is 0. The van der Waals surface area contributed by atoms with Gasteiger partial charge >= 0.3 is 35.2 Å². The van der Waals surface area contributed by atoms with E-state index in [9.17, 15) is 9.59 Å². The van der Waals surface area contributed by atoms with Crippen molar-refractivity contribution < 1.29 is 62.7 Å². The van der Waals surface area contributed by atoms with E-state index in [4.69, 9.17) is 53.1 Å². The van der Waals surface area contributed by atoms with Crippen molar-refractivity contribution in [2.75, 3.05) is 105 Å². The van der Waals surface area contributed by atoms with E-state index in [0.717, 1.165) is 0 Å². The molecule has 0 radical (unpaired) electrons. The lowest BCUT2D eigenvalue weighted by Crippen LogP contribution is -2.47. The Kier molecular flexibility index (Phi) is 32.9. The molecule has 0 spiro atoms. The molecule has 374 valence electrons. The van der Waals surface area contributed by atoms with Crippen LogP contribution in [0, 0.1) is 0 Å². The first-order valence-corrected chi connectivity index (χ1v) is 32.0. The zero-order valence-corrected chi connectivity index (χ0v) is 45.9. The van der Waals surface area contributed by atoms with E-state index in [0.29, 0.717) is 166 Å². The summed E-state index contributed by atoms with van der Waals surface area (Å²) in [6.07, 6.45) is 2.39. The molecule has 0 aliphatic heterocycles. The van der Waals surface area contributed by atoms with Crippen molar-refractivity contribution >= 4 is 47.0 Å². The van der Waals surface area contributed by atoms with Crippen molar-refractivity contribution in [1.82, 2.24) is 9.80 Å². The first-order valence-electron chi connectivity index (χ1n) is 24.3. The molecule has 64 heavy (non-hydrogen) atoms. The Bertz CT molecular complexity index is 1150. The number of hydrogen-bond acceptors (Lipinski definition) is 14. The highest BCUT2D eigenvalue weighted by molar-refractivity contribution is 6.61. The number of carbonyl (C=O) groups is 2. The zero-order chi connectivity index (χ0) is 47.7. The molecule has 0 fully saturated rings. The fourth-order valence-corrected chi connectivity index (χ4v) is 18.1. The second-order valence-corrected chi connectivity index (χ2v) is 25.4.